The third-order valence-corrected chi connectivity index (χ3v) is 1.84. The van der Waals surface area contributed by atoms with Crippen molar-refractivity contribution in [2.24, 2.45) is 5.92 Å². The molecular weight excluding hydrogens is 132 g/mol. The van der Waals surface area contributed by atoms with Crippen LogP contribution in [0.5, 0.6) is 0 Å². The van der Waals surface area contributed by atoms with Gasteiger partial charge in [-0.05, 0) is 11.6 Å². The van der Waals surface area contributed by atoms with Crippen molar-refractivity contribution in [2.75, 3.05) is 0 Å². The summed E-state index contributed by atoms with van der Waals surface area (Å²) in [5.41, 5.74) is 1.25. The van der Waals surface area contributed by atoms with Crippen molar-refractivity contribution in [3.05, 3.63) is 60.3 Å². The summed E-state index contributed by atoms with van der Waals surface area (Å²) < 4.78 is 0. The van der Waals surface area contributed by atoms with Gasteiger partial charge in [-0.2, -0.15) is 0 Å². The fourth-order valence-corrected chi connectivity index (χ4v) is 1.25. The van der Waals surface area contributed by atoms with Gasteiger partial charge in [0, 0.05) is 5.92 Å². The fourth-order valence-electron chi connectivity index (χ4n) is 1.25. The Bertz CT molecular complexity index is 285. The molecule has 0 spiro atoms. The molecule has 0 aromatic carbocycles. The third kappa shape index (κ3) is 1.25. The van der Waals surface area contributed by atoms with Gasteiger partial charge in [0.05, 0.1) is 0 Å². The average Bonchev–Trinajstić information content (AvgIpc) is 2.28. The van der Waals surface area contributed by atoms with Crippen molar-refractivity contribution in [1.82, 2.24) is 0 Å². The lowest BCUT2D eigenvalue weighted by atomic mass is 9.95. The van der Waals surface area contributed by atoms with Crippen molar-refractivity contribution in [3.63, 3.8) is 0 Å². The lowest BCUT2D eigenvalue weighted by Gasteiger charge is -2.09. The Balaban J connectivity index is 2.39. The van der Waals surface area contributed by atoms with E-state index in [4.69, 9.17) is 0 Å². The predicted octanol–water partition coefficient (Wildman–Crippen LogP) is 2.58. The van der Waals surface area contributed by atoms with E-state index in [-0.39, 0.29) is 0 Å². The maximum atomic E-state index is 3.21. The maximum Gasteiger partial charge on any atom is 0.0211 e. The Kier molecular flexibility index (Phi) is 1.60. The molecule has 2 rings (SSSR count). The van der Waals surface area contributed by atoms with Gasteiger partial charge in [-0.15, -0.1) is 0 Å². The predicted molar refractivity (Wildman–Crippen MR) is 46.8 cm³/mol. The van der Waals surface area contributed by atoms with Crippen LogP contribution in [-0.2, 0) is 0 Å². The quantitative estimate of drug-likeness (QED) is 0.486. The molecule has 2 aliphatic carbocycles. The van der Waals surface area contributed by atoms with E-state index in [9.17, 15) is 0 Å². The highest BCUT2D eigenvalue weighted by atomic mass is 14.1. The van der Waals surface area contributed by atoms with Gasteiger partial charge in [0.1, 0.15) is 0 Å². The number of hydrogen-bond donors (Lipinski definition) is 0. The SMILES string of the molecule is [C]1=CC=CC2C=CC=CC=C12. The average molecular weight is 141 g/mol. The first-order valence-corrected chi connectivity index (χ1v) is 3.78. The lowest BCUT2D eigenvalue weighted by molar-refractivity contribution is 0.987. The molecule has 2 aliphatic rings. The van der Waals surface area contributed by atoms with Crippen LogP contribution in [-0.4, -0.2) is 0 Å². The molecule has 0 heterocycles. The Morgan fingerprint density at radius 2 is 1.91 bits per heavy atom. The van der Waals surface area contributed by atoms with Crippen LogP contribution in [0.1, 0.15) is 0 Å². The van der Waals surface area contributed by atoms with E-state index in [2.05, 4.69) is 30.4 Å². The summed E-state index contributed by atoms with van der Waals surface area (Å²) >= 11 is 0. The molecule has 0 fully saturated rings. The molecule has 11 heavy (non-hydrogen) atoms. The second-order valence-corrected chi connectivity index (χ2v) is 2.61. The van der Waals surface area contributed by atoms with Crippen LogP contribution < -0.4 is 0 Å². The number of hydrogen-bond acceptors (Lipinski definition) is 0. The summed E-state index contributed by atoms with van der Waals surface area (Å²) in [6.07, 6.45) is 19.8. The molecule has 0 N–H and O–H groups in total. The molecule has 0 amide bonds. The van der Waals surface area contributed by atoms with Crippen molar-refractivity contribution >= 4 is 0 Å². The highest BCUT2D eigenvalue weighted by Gasteiger charge is 2.07. The van der Waals surface area contributed by atoms with E-state index in [0.717, 1.165) is 0 Å². The van der Waals surface area contributed by atoms with Gasteiger partial charge >= 0.3 is 0 Å². The first-order chi connectivity index (χ1) is 5.47. The van der Waals surface area contributed by atoms with E-state index in [1.807, 2.05) is 24.3 Å². The second kappa shape index (κ2) is 2.75. The monoisotopic (exact) mass is 141 g/mol. The van der Waals surface area contributed by atoms with Gasteiger partial charge in [-0.25, -0.2) is 0 Å². The van der Waals surface area contributed by atoms with Crippen LogP contribution >= 0.6 is 0 Å². The molecule has 1 atom stereocenters. The van der Waals surface area contributed by atoms with Crippen LogP contribution in [0.25, 0.3) is 0 Å². The van der Waals surface area contributed by atoms with Crippen molar-refractivity contribution < 1.29 is 0 Å². The molecule has 0 saturated heterocycles. The lowest BCUT2D eigenvalue weighted by Crippen LogP contribution is -1.97. The van der Waals surface area contributed by atoms with Crippen molar-refractivity contribution in [2.45, 2.75) is 0 Å². The third-order valence-electron chi connectivity index (χ3n) is 1.84. The summed E-state index contributed by atoms with van der Waals surface area (Å²) in [5.74, 6) is 0.440. The van der Waals surface area contributed by atoms with Gasteiger partial charge in [-0.3, -0.25) is 0 Å². The van der Waals surface area contributed by atoms with Gasteiger partial charge in [0.25, 0.3) is 0 Å². The van der Waals surface area contributed by atoms with Gasteiger partial charge < -0.3 is 0 Å². The Morgan fingerprint density at radius 3 is 2.91 bits per heavy atom. The van der Waals surface area contributed by atoms with Crippen molar-refractivity contribution in [1.29, 1.82) is 0 Å². The largest absolute Gasteiger partial charge is 0.0732 e. The standard InChI is InChI=1S/C11H9/c1-2-6-10-8-4-5-9-11(10)7-3-1/h1-8,10H. The summed E-state index contributed by atoms with van der Waals surface area (Å²) in [5, 5.41) is 0. The summed E-state index contributed by atoms with van der Waals surface area (Å²) in [7, 11) is 0. The Labute approximate surface area is 66.9 Å². The zero-order valence-electron chi connectivity index (χ0n) is 6.20. The van der Waals surface area contributed by atoms with Crippen molar-refractivity contribution in [3.8, 4) is 0 Å². The van der Waals surface area contributed by atoms with Crippen LogP contribution in [0.4, 0.5) is 0 Å². The highest BCUT2D eigenvalue weighted by molar-refractivity contribution is 5.37. The van der Waals surface area contributed by atoms with Gasteiger partial charge in [0.2, 0.25) is 0 Å². The van der Waals surface area contributed by atoms with Crippen LogP contribution in [0.3, 0.4) is 0 Å². The molecule has 0 heteroatoms. The molecule has 0 aliphatic heterocycles. The number of allylic oxidation sites excluding steroid dienone is 10. The number of fused-ring (bicyclic) bond motifs is 1. The normalized spacial score (nSPS) is 26.2. The first-order valence-electron chi connectivity index (χ1n) is 3.78. The molecule has 1 unspecified atom stereocenters. The Hall–Kier alpha value is -1.30. The van der Waals surface area contributed by atoms with Crippen LogP contribution in [0.2, 0.25) is 0 Å². The minimum Gasteiger partial charge on any atom is -0.0732 e. The fraction of sp³-hybridized carbons (Fsp3) is 0.0909. The van der Waals surface area contributed by atoms with E-state index in [1.165, 1.54) is 5.57 Å². The molecule has 0 aromatic heterocycles. The van der Waals surface area contributed by atoms with E-state index in [0.29, 0.717) is 5.92 Å². The summed E-state index contributed by atoms with van der Waals surface area (Å²) in [6.45, 7) is 0. The Morgan fingerprint density at radius 1 is 1.00 bits per heavy atom. The van der Waals surface area contributed by atoms with E-state index in [1.54, 1.807) is 0 Å². The van der Waals surface area contributed by atoms with Crippen LogP contribution in [0.15, 0.2) is 54.2 Å². The first kappa shape index (κ1) is 6.41. The van der Waals surface area contributed by atoms with Gasteiger partial charge in [0.15, 0.2) is 0 Å². The van der Waals surface area contributed by atoms with E-state index < -0.39 is 0 Å². The minimum atomic E-state index is 0.440. The molecule has 0 saturated carbocycles. The second-order valence-electron chi connectivity index (χ2n) is 2.61. The minimum absolute atomic E-state index is 0.440. The molecule has 1 radical (unpaired) electrons. The molecule has 0 nitrogen and oxygen atoms in total. The summed E-state index contributed by atoms with van der Waals surface area (Å²) in [6, 6.07) is 0. The van der Waals surface area contributed by atoms with Gasteiger partial charge in [-0.1, -0.05) is 48.6 Å². The zero-order chi connectivity index (χ0) is 7.52. The number of rotatable bonds is 0. The van der Waals surface area contributed by atoms with E-state index >= 15 is 0 Å². The topological polar surface area (TPSA) is 0 Å². The smallest absolute Gasteiger partial charge is 0.0211 e. The molecule has 53 valence electrons. The van der Waals surface area contributed by atoms with Crippen LogP contribution in [0, 0.1) is 12.0 Å². The maximum absolute atomic E-state index is 3.21. The molecule has 0 bridgehead atoms. The highest BCUT2D eigenvalue weighted by Crippen LogP contribution is 2.20. The molecule has 0 aromatic rings. The zero-order valence-corrected chi connectivity index (χ0v) is 6.20. The molecular formula is C11H9. The summed E-state index contributed by atoms with van der Waals surface area (Å²) in [4.78, 5) is 0.